The van der Waals surface area contributed by atoms with Crippen molar-refractivity contribution in [2.24, 2.45) is 5.84 Å². The minimum atomic E-state index is -0.461. The van der Waals surface area contributed by atoms with Crippen molar-refractivity contribution in [3.8, 4) is 0 Å². The number of nitrogens with one attached hydrogen (secondary N) is 1. The number of morpholine rings is 1. The molecule has 0 aromatic heterocycles. The number of aliphatic hydroxyl groups is 1. The number of nitro groups is 1. The van der Waals surface area contributed by atoms with Crippen molar-refractivity contribution in [2.75, 3.05) is 25.1 Å². The van der Waals surface area contributed by atoms with Gasteiger partial charge in [0.2, 0.25) is 0 Å². The van der Waals surface area contributed by atoms with Crippen LogP contribution in [0.3, 0.4) is 0 Å². The molecule has 1 fully saturated rings. The molecule has 0 radical (unpaired) electrons. The number of aliphatic hydroxyl groups excluding tert-OH is 1. The highest BCUT2D eigenvalue weighted by Crippen LogP contribution is 2.25. The minimum absolute atomic E-state index is 0.0240. The van der Waals surface area contributed by atoms with Crippen molar-refractivity contribution in [3.63, 3.8) is 0 Å². The van der Waals surface area contributed by atoms with Crippen LogP contribution < -0.4 is 11.3 Å². The summed E-state index contributed by atoms with van der Waals surface area (Å²) in [6.07, 6.45) is -0.190. The van der Waals surface area contributed by atoms with Crippen LogP contribution in [0, 0.1) is 10.1 Å². The van der Waals surface area contributed by atoms with Crippen LogP contribution in [0.15, 0.2) is 18.2 Å². The first-order valence-corrected chi connectivity index (χ1v) is 6.76. The van der Waals surface area contributed by atoms with Gasteiger partial charge in [-0.2, -0.15) is 0 Å². The lowest BCUT2D eigenvalue weighted by atomic mass is 10.1. The number of ether oxygens (including phenoxy) is 1. The van der Waals surface area contributed by atoms with Crippen molar-refractivity contribution in [3.05, 3.63) is 33.9 Å². The molecule has 1 saturated heterocycles. The van der Waals surface area contributed by atoms with Gasteiger partial charge in [-0.05, 0) is 18.6 Å². The monoisotopic (exact) mass is 296 g/mol. The summed E-state index contributed by atoms with van der Waals surface area (Å²) in [5.41, 5.74) is 3.39. The van der Waals surface area contributed by atoms with Crippen LogP contribution in [0.2, 0.25) is 0 Å². The van der Waals surface area contributed by atoms with E-state index in [-0.39, 0.29) is 30.2 Å². The number of rotatable bonds is 5. The quantitative estimate of drug-likeness (QED) is 0.411. The number of nitrogens with zero attached hydrogens (tertiary/aromatic N) is 2. The van der Waals surface area contributed by atoms with Crippen LogP contribution in [0.1, 0.15) is 12.5 Å². The van der Waals surface area contributed by atoms with Gasteiger partial charge in [-0.15, -0.1) is 0 Å². The fourth-order valence-corrected chi connectivity index (χ4v) is 2.58. The summed E-state index contributed by atoms with van der Waals surface area (Å²) >= 11 is 0. The maximum absolute atomic E-state index is 11.0. The Hall–Kier alpha value is -1.74. The van der Waals surface area contributed by atoms with Gasteiger partial charge < -0.3 is 15.3 Å². The summed E-state index contributed by atoms with van der Waals surface area (Å²) in [6, 6.07) is 4.92. The maximum atomic E-state index is 11.0. The van der Waals surface area contributed by atoms with Gasteiger partial charge in [0.15, 0.2) is 0 Å². The van der Waals surface area contributed by atoms with E-state index in [0.29, 0.717) is 13.1 Å². The highest BCUT2D eigenvalue weighted by Gasteiger charge is 2.25. The Morgan fingerprint density at radius 3 is 2.95 bits per heavy atom. The van der Waals surface area contributed by atoms with E-state index in [1.54, 1.807) is 12.1 Å². The van der Waals surface area contributed by atoms with Gasteiger partial charge in [0.05, 0.1) is 23.7 Å². The SMILES string of the molecule is CC1CN(Cc2ccc(NN)c([N+](=O)[O-])c2)CC(CO)O1. The molecular formula is C13H20N4O4. The van der Waals surface area contributed by atoms with Crippen LogP contribution in [0.25, 0.3) is 0 Å². The number of benzene rings is 1. The van der Waals surface area contributed by atoms with E-state index in [0.717, 1.165) is 12.1 Å². The number of nitro benzene ring substituents is 1. The first kappa shape index (κ1) is 15.6. The molecule has 1 heterocycles. The van der Waals surface area contributed by atoms with E-state index in [4.69, 9.17) is 10.6 Å². The molecular weight excluding hydrogens is 276 g/mol. The molecule has 1 aromatic rings. The van der Waals surface area contributed by atoms with Gasteiger partial charge in [0, 0.05) is 25.7 Å². The van der Waals surface area contributed by atoms with E-state index < -0.39 is 4.92 Å². The third kappa shape index (κ3) is 3.88. The van der Waals surface area contributed by atoms with Gasteiger partial charge in [-0.1, -0.05) is 6.07 Å². The Kier molecular flexibility index (Phi) is 5.07. The van der Waals surface area contributed by atoms with Gasteiger partial charge in [-0.25, -0.2) is 0 Å². The number of nitrogens with two attached hydrogens (primary N) is 1. The maximum Gasteiger partial charge on any atom is 0.293 e. The average molecular weight is 296 g/mol. The number of hydrazine groups is 1. The molecule has 1 aliphatic rings. The second kappa shape index (κ2) is 6.81. The molecule has 2 unspecified atom stereocenters. The summed E-state index contributed by atoms with van der Waals surface area (Å²) < 4.78 is 5.58. The van der Waals surface area contributed by atoms with Crippen LogP contribution >= 0.6 is 0 Å². The largest absolute Gasteiger partial charge is 0.394 e. The fourth-order valence-electron chi connectivity index (χ4n) is 2.58. The van der Waals surface area contributed by atoms with Gasteiger partial charge in [0.25, 0.3) is 5.69 Å². The topological polar surface area (TPSA) is 114 Å². The second-order valence-electron chi connectivity index (χ2n) is 5.20. The Balaban J connectivity index is 2.12. The Morgan fingerprint density at radius 2 is 2.33 bits per heavy atom. The molecule has 1 aromatic carbocycles. The summed E-state index contributed by atoms with van der Waals surface area (Å²) in [7, 11) is 0. The molecule has 8 nitrogen and oxygen atoms in total. The van der Waals surface area contributed by atoms with Gasteiger partial charge in [-0.3, -0.25) is 20.9 Å². The molecule has 0 saturated carbocycles. The fraction of sp³-hybridized carbons (Fsp3) is 0.538. The number of nitrogen functional groups attached to an aromatic ring is 1. The Morgan fingerprint density at radius 1 is 1.57 bits per heavy atom. The minimum Gasteiger partial charge on any atom is -0.394 e. The molecule has 0 bridgehead atoms. The third-order valence-electron chi connectivity index (χ3n) is 3.43. The van der Waals surface area contributed by atoms with E-state index >= 15 is 0 Å². The molecule has 21 heavy (non-hydrogen) atoms. The molecule has 2 rings (SSSR count). The molecule has 0 spiro atoms. The van der Waals surface area contributed by atoms with Crippen LogP contribution in [0.4, 0.5) is 11.4 Å². The van der Waals surface area contributed by atoms with E-state index in [9.17, 15) is 15.2 Å². The van der Waals surface area contributed by atoms with Crippen molar-refractivity contribution >= 4 is 11.4 Å². The van der Waals surface area contributed by atoms with E-state index in [1.807, 2.05) is 6.92 Å². The lowest BCUT2D eigenvalue weighted by Crippen LogP contribution is -2.47. The first-order valence-electron chi connectivity index (χ1n) is 6.76. The third-order valence-corrected chi connectivity index (χ3v) is 3.43. The van der Waals surface area contributed by atoms with Gasteiger partial charge in [0.1, 0.15) is 5.69 Å². The lowest BCUT2D eigenvalue weighted by Gasteiger charge is -2.36. The van der Waals surface area contributed by atoms with Crippen LogP contribution in [-0.2, 0) is 11.3 Å². The molecule has 4 N–H and O–H groups in total. The normalized spacial score (nSPS) is 23.0. The number of hydrogen-bond donors (Lipinski definition) is 3. The molecule has 8 heteroatoms. The predicted octanol–water partition coefficient (Wildman–Crippen LogP) is 0.462. The molecule has 0 amide bonds. The standard InChI is InChI=1S/C13H20N4O4/c1-9-5-16(7-11(8-18)21-9)6-10-2-3-12(15-14)13(4-10)17(19)20/h2-4,9,11,15,18H,5-8,14H2,1H3. The van der Waals surface area contributed by atoms with Crippen LogP contribution in [-0.4, -0.2) is 46.8 Å². The van der Waals surface area contributed by atoms with E-state index in [1.165, 1.54) is 6.07 Å². The highest BCUT2D eigenvalue weighted by molar-refractivity contribution is 5.61. The summed E-state index contributed by atoms with van der Waals surface area (Å²) in [4.78, 5) is 12.7. The molecule has 0 aliphatic carbocycles. The molecule has 1 aliphatic heterocycles. The second-order valence-corrected chi connectivity index (χ2v) is 5.20. The van der Waals surface area contributed by atoms with Gasteiger partial charge >= 0.3 is 0 Å². The summed E-state index contributed by atoms with van der Waals surface area (Å²) in [6.45, 7) is 3.80. The van der Waals surface area contributed by atoms with Crippen molar-refractivity contribution in [1.29, 1.82) is 0 Å². The van der Waals surface area contributed by atoms with E-state index in [2.05, 4.69) is 10.3 Å². The Bertz CT molecular complexity index is 511. The van der Waals surface area contributed by atoms with Crippen molar-refractivity contribution < 1.29 is 14.8 Å². The molecule has 116 valence electrons. The Labute approximate surface area is 122 Å². The zero-order chi connectivity index (χ0) is 15.4. The summed E-state index contributed by atoms with van der Waals surface area (Å²) in [5.74, 6) is 5.27. The summed E-state index contributed by atoms with van der Waals surface area (Å²) in [5, 5.41) is 20.2. The average Bonchev–Trinajstić information content (AvgIpc) is 2.46. The highest BCUT2D eigenvalue weighted by atomic mass is 16.6. The van der Waals surface area contributed by atoms with Crippen molar-refractivity contribution in [2.45, 2.75) is 25.7 Å². The number of hydrogen-bond acceptors (Lipinski definition) is 7. The predicted molar refractivity (Wildman–Crippen MR) is 77.6 cm³/mol. The zero-order valence-electron chi connectivity index (χ0n) is 11.9. The molecule has 2 atom stereocenters. The smallest absolute Gasteiger partial charge is 0.293 e. The zero-order valence-corrected chi connectivity index (χ0v) is 11.9. The van der Waals surface area contributed by atoms with Crippen molar-refractivity contribution in [1.82, 2.24) is 4.90 Å². The van der Waals surface area contributed by atoms with Crippen LogP contribution in [0.5, 0.6) is 0 Å². The number of anilines is 1. The first-order chi connectivity index (χ1) is 10.0. The lowest BCUT2D eigenvalue weighted by molar-refractivity contribution is -0.384.